The maximum atomic E-state index is 11.9. The zero-order chi connectivity index (χ0) is 15.0. The summed E-state index contributed by atoms with van der Waals surface area (Å²) in [5.74, 6) is 0.345. The molecule has 4 nitrogen and oxygen atoms in total. The fourth-order valence-corrected chi connectivity index (χ4v) is 3.14. The molecule has 0 heterocycles. The first-order chi connectivity index (χ1) is 9.47. The molecule has 4 heteroatoms. The van der Waals surface area contributed by atoms with Gasteiger partial charge in [-0.25, -0.2) is 0 Å². The Labute approximate surface area is 122 Å². The van der Waals surface area contributed by atoms with E-state index in [-0.39, 0.29) is 18.2 Å². The molecule has 1 fully saturated rings. The van der Waals surface area contributed by atoms with Crippen LogP contribution >= 0.6 is 0 Å². The van der Waals surface area contributed by atoms with Gasteiger partial charge in [0.05, 0.1) is 0 Å². The van der Waals surface area contributed by atoms with Gasteiger partial charge in [-0.15, -0.1) is 0 Å². The van der Waals surface area contributed by atoms with Gasteiger partial charge in [0.1, 0.15) is 0 Å². The van der Waals surface area contributed by atoms with Crippen molar-refractivity contribution in [2.24, 2.45) is 17.8 Å². The van der Waals surface area contributed by atoms with E-state index in [2.05, 4.69) is 19.2 Å². The van der Waals surface area contributed by atoms with Gasteiger partial charge in [0.15, 0.2) is 0 Å². The minimum Gasteiger partial charge on any atom is -0.481 e. The Balaban J connectivity index is 2.29. The Morgan fingerprint density at radius 1 is 1.20 bits per heavy atom. The molecular formula is C16H29NO3. The predicted molar refractivity (Wildman–Crippen MR) is 79.4 cm³/mol. The third kappa shape index (κ3) is 7.51. The van der Waals surface area contributed by atoms with Gasteiger partial charge in [0, 0.05) is 19.4 Å². The minimum atomic E-state index is -0.780. The Kier molecular flexibility index (Phi) is 7.63. The van der Waals surface area contributed by atoms with Crippen molar-refractivity contribution in [2.45, 2.75) is 65.2 Å². The second kappa shape index (κ2) is 8.98. The van der Waals surface area contributed by atoms with E-state index in [4.69, 9.17) is 5.11 Å². The van der Waals surface area contributed by atoms with E-state index in [9.17, 15) is 9.59 Å². The zero-order valence-electron chi connectivity index (χ0n) is 12.9. The summed E-state index contributed by atoms with van der Waals surface area (Å²) in [5, 5.41) is 11.8. The monoisotopic (exact) mass is 283 g/mol. The molecule has 0 bridgehead atoms. The number of amides is 1. The third-order valence-electron chi connectivity index (χ3n) is 4.05. The topological polar surface area (TPSA) is 66.4 Å². The number of carboxylic acids is 1. The van der Waals surface area contributed by atoms with Gasteiger partial charge in [-0.05, 0) is 37.0 Å². The van der Waals surface area contributed by atoms with Crippen LogP contribution in [0, 0.1) is 17.8 Å². The summed E-state index contributed by atoms with van der Waals surface area (Å²) in [6.45, 7) is 4.66. The lowest BCUT2D eigenvalue weighted by atomic mass is 9.86. The van der Waals surface area contributed by atoms with Crippen molar-refractivity contribution in [1.82, 2.24) is 5.32 Å². The fourth-order valence-electron chi connectivity index (χ4n) is 3.14. The quantitative estimate of drug-likeness (QED) is 0.719. The second-order valence-electron chi connectivity index (χ2n) is 6.61. The molecule has 0 aromatic carbocycles. The predicted octanol–water partition coefficient (Wildman–Crippen LogP) is 3.21. The lowest BCUT2D eigenvalue weighted by molar-refractivity contribution is -0.138. The highest BCUT2D eigenvalue weighted by molar-refractivity contribution is 5.76. The maximum absolute atomic E-state index is 11.9. The summed E-state index contributed by atoms with van der Waals surface area (Å²) >= 11 is 0. The van der Waals surface area contributed by atoms with E-state index >= 15 is 0 Å². The Morgan fingerprint density at radius 3 is 2.40 bits per heavy atom. The average Bonchev–Trinajstić information content (AvgIpc) is 2.36. The number of aliphatic carboxylic acids is 1. The SMILES string of the molecule is CC(C)CC(CNC(=O)CC1CCCCC1)CC(=O)O. The molecule has 1 unspecified atom stereocenters. The smallest absolute Gasteiger partial charge is 0.303 e. The van der Waals surface area contributed by atoms with Gasteiger partial charge in [-0.1, -0.05) is 33.1 Å². The summed E-state index contributed by atoms with van der Waals surface area (Å²) < 4.78 is 0. The van der Waals surface area contributed by atoms with E-state index in [0.717, 1.165) is 19.3 Å². The summed E-state index contributed by atoms with van der Waals surface area (Å²) in [4.78, 5) is 22.8. The molecule has 1 aliphatic carbocycles. The van der Waals surface area contributed by atoms with E-state index in [1.165, 1.54) is 19.3 Å². The Hall–Kier alpha value is -1.06. The number of hydrogen-bond acceptors (Lipinski definition) is 2. The van der Waals surface area contributed by atoms with Crippen LogP contribution in [-0.2, 0) is 9.59 Å². The van der Waals surface area contributed by atoms with Crippen molar-refractivity contribution in [1.29, 1.82) is 0 Å². The van der Waals surface area contributed by atoms with E-state index in [1.807, 2.05) is 0 Å². The van der Waals surface area contributed by atoms with Gasteiger partial charge in [0.2, 0.25) is 5.91 Å². The molecule has 1 amide bonds. The lowest BCUT2D eigenvalue weighted by Gasteiger charge is -2.22. The molecule has 0 aliphatic heterocycles. The van der Waals surface area contributed by atoms with E-state index < -0.39 is 5.97 Å². The number of carboxylic acid groups (broad SMARTS) is 1. The van der Waals surface area contributed by atoms with Crippen LogP contribution in [0.3, 0.4) is 0 Å². The standard InChI is InChI=1S/C16H29NO3/c1-12(2)8-14(10-16(19)20)11-17-15(18)9-13-6-4-3-5-7-13/h12-14H,3-11H2,1-2H3,(H,17,18)(H,19,20). The van der Waals surface area contributed by atoms with Gasteiger partial charge < -0.3 is 10.4 Å². The highest BCUT2D eigenvalue weighted by atomic mass is 16.4. The molecule has 116 valence electrons. The summed E-state index contributed by atoms with van der Waals surface area (Å²) in [7, 11) is 0. The number of hydrogen-bond donors (Lipinski definition) is 2. The molecule has 1 rings (SSSR count). The molecule has 1 saturated carbocycles. The number of carbonyl (C=O) groups is 2. The van der Waals surface area contributed by atoms with Crippen LogP contribution in [-0.4, -0.2) is 23.5 Å². The van der Waals surface area contributed by atoms with Crippen molar-refractivity contribution in [3.8, 4) is 0 Å². The molecule has 1 aliphatic rings. The number of rotatable bonds is 8. The largest absolute Gasteiger partial charge is 0.481 e. The molecular weight excluding hydrogens is 254 g/mol. The zero-order valence-corrected chi connectivity index (χ0v) is 12.9. The molecule has 20 heavy (non-hydrogen) atoms. The molecule has 2 N–H and O–H groups in total. The third-order valence-corrected chi connectivity index (χ3v) is 4.05. The Morgan fingerprint density at radius 2 is 1.85 bits per heavy atom. The van der Waals surface area contributed by atoms with Crippen LogP contribution in [0.25, 0.3) is 0 Å². The molecule has 0 aromatic rings. The summed E-state index contributed by atoms with van der Waals surface area (Å²) in [6.07, 6.45) is 7.71. The summed E-state index contributed by atoms with van der Waals surface area (Å²) in [6, 6.07) is 0. The van der Waals surface area contributed by atoms with Crippen molar-refractivity contribution < 1.29 is 14.7 Å². The Bertz CT molecular complexity index is 309. The highest BCUT2D eigenvalue weighted by Crippen LogP contribution is 2.26. The molecule has 1 atom stereocenters. The van der Waals surface area contributed by atoms with Crippen molar-refractivity contribution in [3.63, 3.8) is 0 Å². The average molecular weight is 283 g/mol. The first-order valence-electron chi connectivity index (χ1n) is 7.95. The van der Waals surface area contributed by atoms with Crippen molar-refractivity contribution in [3.05, 3.63) is 0 Å². The van der Waals surface area contributed by atoms with E-state index in [0.29, 0.717) is 24.8 Å². The second-order valence-corrected chi connectivity index (χ2v) is 6.61. The van der Waals surface area contributed by atoms with Crippen molar-refractivity contribution >= 4 is 11.9 Å². The molecule has 0 aromatic heterocycles. The van der Waals surface area contributed by atoms with Gasteiger partial charge in [0.25, 0.3) is 0 Å². The van der Waals surface area contributed by atoms with Crippen LogP contribution < -0.4 is 5.32 Å². The van der Waals surface area contributed by atoms with Crippen LogP contribution in [0.5, 0.6) is 0 Å². The van der Waals surface area contributed by atoms with Gasteiger partial charge in [-0.3, -0.25) is 9.59 Å². The minimum absolute atomic E-state index is 0.0443. The highest BCUT2D eigenvalue weighted by Gasteiger charge is 2.19. The van der Waals surface area contributed by atoms with Gasteiger partial charge in [-0.2, -0.15) is 0 Å². The van der Waals surface area contributed by atoms with Crippen LogP contribution in [0.15, 0.2) is 0 Å². The molecule has 0 saturated heterocycles. The van der Waals surface area contributed by atoms with Crippen LogP contribution in [0.1, 0.15) is 65.2 Å². The lowest BCUT2D eigenvalue weighted by Crippen LogP contribution is -2.32. The van der Waals surface area contributed by atoms with Crippen LogP contribution in [0.2, 0.25) is 0 Å². The summed E-state index contributed by atoms with van der Waals surface area (Å²) in [5.41, 5.74) is 0. The van der Waals surface area contributed by atoms with E-state index in [1.54, 1.807) is 0 Å². The first kappa shape index (κ1) is 17.0. The number of carbonyl (C=O) groups excluding carboxylic acids is 1. The molecule has 0 radical (unpaired) electrons. The van der Waals surface area contributed by atoms with Gasteiger partial charge >= 0.3 is 5.97 Å². The number of nitrogens with one attached hydrogen (secondary N) is 1. The maximum Gasteiger partial charge on any atom is 0.303 e. The molecule has 0 spiro atoms. The normalized spacial score (nSPS) is 17.9. The van der Waals surface area contributed by atoms with Crippen LogP contribution in [0.4, 0.5) is 0 Å². The van der Waals surface area contributed by atoms with Crippen molar-refractivity contribution in [2.75, 3.05) is 6.54 Å². The fraction of sp³-hybridized carbons (Fsp3) is 0.875. The first-order valence-corrected chi connectivity index (χ1v) is 7.95.